The number of likely N-dealkylation sites (tertiary alicyclic amines) is 1. The number of anilines is 1. The Balaban J connectivity index is 2.23. The van der Waals surface area contributed by atoms with Gasteiger partial charge in [0.05, 0.1) is 15.6 Å². The minimum absolute atomic E-state index is 0.101. The molecule has 4 nitrogen and oxygen atoms in total. The van der Waals surface area contributed by atoms with Gasteiger partial charge in [0.15, 0.2) is 0 Å². The van der Waals surface area contributed by atoms with Crippen molar-refractivity contribution in [3.63, 3.8) is 0 Å². The van der Waals surface area contributed by atoms with E-state index in [0.717, 1.165) is 19.4 Å². The molecule has 1 atom stereocenters. The summed E-state index contributed by atoms with van der Waals surface area (Å²) in [7, 11) is 4.06. The van der Waals surface area contributed by atoms with Gasteiger partial charge in [0, 0.05) is 24.8 Å². The highest BCUT2D eigenvalue weighted by Gasteiger charge is 2.27. The van der Waals surface area contributed by atoms with E-state index in [2.05, 4.69) is 4.90 Å². The maximum atomic E-state index is 12.6. The number of carbonyl (C=O) groups is 1. The van der Waals surface area contributed by atoms with E-state index in [9.17, 15) is 4.79 Å². The number of nitrogens with zero attached hydrogens (tertiary/aromatic N) is 2. The van der Waals surface area contributed by atoms with Gasteiger partial charge in [0.2, 0.25) is 0 Å². The molecule has 1 aromatic carbocycles. The van der Waals surface area contributed by atoms with Crippen molar-refractivity contribution in [3.05, 3.63) is 27.7 Å². The van der Waals surface area contributed by atoms with Crippen LogP contribution < -0.4 is 5.73 Å². The molecule has 110 valence electrons. The van der Waals surface area contributed by atoms with E-state index < -0.39 is 0 Å². The third-order valence-corrected chi connectivity index (χ3v) is 4.50. The van der Waals surface area contributed by atoms with E-state index in [1.807, 2.05) is 19.0 Å². The van der Waals surface area contributed by atoms with Crippen LogP contribution in [0.25, 0.3) is 0 Å². The third kappa shape index (κ3) is 3.19. The quantitative estimate of drug-likeness (QED) is 0.854. The maximum absolute atomic E-state index is 12.6. The van der Waals surface area contributed by atoms with Crippen molar-refractivity contribution in [1.82, 2.24) is 9.80 Å². The summed E-state index contributed by atoms with van der Waals surface area (Å²) in [5.41, 5.74) is 6.58. The lowest BCUT2D eigenvalue weighted by Gasteiger charge is -2.36. The number of carbonyl (C=O) groups excluding carboxylic acids is 1. The molecule has 1 aromatic rings. The van der Waals surface area contributed by atoms with Crippen molar-refractivity contribution in [1.29, 1.82) is 0 Å². The van der Waals surface area contributed by atoms with Gasteiger partial charge in [-0.05, 0) is 39.1 Å². The van der Waals surface area contributed by atoms with Crippen molar-refractivity contribution in [2.45, 2.75) is 18.9 Å². The predicted octanol–water partition coefficient (Wildman–Crippen LogP) is 2.74. The minimum Gasteiger partial charge on any atom is -0.399 e. The topological polar surface area (TPSA) is 49.6 Å². The van der Waals surface area contributed by atoms with Gasteiger partial charge < -0.3 is 15.5 Å². The summed E-state index contributed by atoms with van der Waals surface area (Å²) >= 11 is 12.1. The molecule has 6 heteroatoms. The number of likely N-dealkylation sites (N-methyl/N-ethyl adjacent to an activating group) is 1. The molecule has 2 rings (SSSR count). The fourth-order valence-electron chi connectivity index (χ4n) is 2.50. The molecule has 0 radical (unpaired) electrons. The second-order valence-electron chi connectivity index (χ2n) is 5.38. The average Bonchev–Trinajstić information content (AvgIpc) is 2.42. The van der Waals surface area contributed by atoms with Crippen molar-refractivity contribution < 1.29 is 4.79 Å². The van der Waals surface area contributed by atoms with Crippen LogP contribution in [0.3, 0.4) is 0 Å². The van der Waals surface area contributed by atoms with Gasteiger partial charge >= 0.3 is 0 Å². The number of nitrogen functional groups attached to an aromatic ring is 1. The lowest BCUT2D eigenvalue weighted by molar-refractivity contribution is 0.0635. The number of hydrogen-bond acceptors (Lipinski definition) is 3. The first-order chi connectivity index (χ1) is 9.40. The number of amides is 1. The molecule has 1 amide bonds. The Morgan fingerprint density at radius 1 is 1.40 bits per heavy atom. The Bertz CT molecular complexity index is 519. The summed E-state index contributed by atoms with van der Waals surface area (Å²) in [6.45, 7) is 1.44. The van der Waals surface area contributed by atoms with Gasteiger partial charge in [-0.2, -0.15) is 0 Å². The third-order valence-electron chi connectivity index (χ3n) is 3.69. The van der Waals surface area contributed by atoms with Crippen LogP contribution >= 0.6 is 23.2 Å². The summed E-state index contributed by atoms with van der Waals surface area (Å²) in [6.07, 6.45) is 2.09. The number of halogens is 2. The molecule has 1 saturated heterocycles. The van der Waals surface area contributed by atoms with Crippen LogP contribution in [0.1, 0.15) is 23.2 Å². The molecule has 1 heterocycles. The molecule has 0 spiro atoms. The summed E-state index contributed by atoms with van der Waals surface area (Å²) in [6, 6.07) is 3.53. The molecule has 0 saturated carbocycles. The van der Waals surface area contributed by atoms with Gasteiger partial charge in [-0.25, -0.2) is 0 Å². The molecule has 0 bridgehead atoms. The molecule has 2 N–H and O–H groups in total. The SMILES string of the molecule is CN(C)C1CCCN(C(=O)c2cc(N)cc(Cl)c2Cl)C1. The zero-order chi connectivity index (χ0) is 14.9. The Hall–Kier alpha value is -0.970. The lowest BCUT2D eigenvalue weighted by Crippen LogP contribution is -2.47. The summed E-state index contributed by atoms with van der Waals surface area (Å²) < 4.78 is 0. The van der Waals surface area contributed by atoms with Crippen LogP contribution in [0.2, 0.25) is 10.0 Å². The van der Waals surface area contributed by atoms with E-state index in [4.69, 9.17) is 28.9 Å². The van der Waals surface area contributed by atoms with Gasteiger partial charge in [-0.1, -0.05) is 23.2 Å². The Labute approximate surface area is 129 Å². The summed E-state index contributed by atoms with van der Waals surface area (Å²) in [5, 5.41) is 0.592. The largest absolute Gasteiger partial charge is 0.399 e. The van der Waals surface area contributed by atoms with E-state index in [1.165, 1.54) is 0 Å². The lowest BCUT2D eigenvalue weighted by atomic mass is 10.0. The van der Waals surface area contributed by atoms with Gasteiger partial charge in [0.1, 0.15) is 0 Å². The fraction of sp³-hybridized carbons (Fsp3) is 0.500. The Kier molecular flexibility index (Phi) is 4.78. The number of rotatable bonds is 2. The molecule has 1 aliphatic heterocycles. The van der Waals surface area contributed by atoms with Crippen LogP contribution in [-0.4, -0.2) is 48.9 Å². The van der Waals surface area contributed by atoms with Crippen LogP contribution in [0.4, 0.5) is 5.69 Å². The van der Waals surface area contributed by atoms with Crippen LogP contribution in [0, 0.1) is 0 Å². The molecule has 1 aliphatic rings. The fourth-order valence-corrected chi connectivity index (χ4v) is 2.91. The van der Waals surface area contributed by atoms with Crippen LogP contribution in [0.5, 0.6) is 0 Å². The molecular formula is C14H19Cl2N3O. The number of piperidine rings is 1. The first kappa shape index (κ1) is 15.4. The number of nitrogens with two attached hydrogens (primary N) is 1. The highest BCUT2D eigenvalue weighted by Crippen LogP contribution is 2.30. The maximum Gasteiger partial charge on any atom is 0.255 e. The number of hydrogen-bond donors (Lipinski definition) is 1. The minimum atomic E-state index is -0.101. The normalized spacial score (nSPS) is 19.4. The van der Waals surface area contributed by atoms with Gasteiger partial charge in [-0.15, -0.1) is 0 Å². The van der Waals surface area contributed by atoms with E-state index in [1.54, 1.807) is 12.1 Å². The van der Waals surface area contributed by atoms with E-state index in [-0.39, 0.29) is 10.9 Å². The molecule has 0 aliphatic carbocycles. The number of benzene rings is 1. The smallest absolute Gasteiger partial charge is 0.255 e. The van der Waals surface area contributed by atoms with Crippen molar-refractivity contribution in [2.24, 2.45) is 0 Å². The molecule has 1 fully saturated rings. The molecular weight excluding hydrogens is 297 g/mol. The highest BCUT2D eigenvalue weighted by atomic mass is 35.5. The van der Waals surface area contributed by atoms with Crippen molar-refractivity contribution in [3.8, 4) is 0 Å². The molecule has 20 heavy (non-hydrogen) atoms. The highest BCUT2D eigenvalue weighted by molar-refractivity contribution is 6.44. The second-order valence-corrected chi connectivity index (χ2v) is 6.16. The van der Waals surface area contributed by atoms with Crippen LogP contribution in [0.15, 0.2) is 12.1 Å². The average molecular weight is 316 g/mol. The molecule has 0 aromatic heterocycles. The first-order valence-corrected chi connectivity index (χ1v) is 7.36. The standard InChI is InChI=1S/C14H19Cl2N3O/c1-18(2)10-4-3-5-19(8-10)14(20)11-6-9(17)7-12(15)13(11)16/h6-7,10H,3-5,8,17H2,1-2H3. The van der Waals surface area contributed by atoms with Gasteiger partial charge in [0.25, 0.3) is 5.91 Å². The van der Waals surface area contributed by atoms with Crippen molar-refractivity contribution in [2.75, 3.05) is 32.9 Å². The predicted molar refractivity (Wildman–Crippen MR) is 83.5 cm³/mol. The molecule has 1 unspecified atom stereocenters. The van der Waals surface area contributed by atoms with E-state index >= 15 is 0 Å². The van der Waals surface area contributed by atoms with Gasteiger partial charge in [-0.3, -0.25) is 4.79 Å². The summed E-state index contributed by atoms with van der Waals surface area (Å²) in [5.74, 6) is -0.101. The second kappa shape index (κ2) is 6.20. The van der Waals surface area contributed by atoms with Crippen LogP contribution in [-0.2, 0) is 0 Å². The zero-order valence-electron chi connectivity index (χ0n) is 11.7. The van der Waals surface area contributed by atoms with E-state index in [0.29, 0.717) is 28.9 Å². The summed E-state index contributed by atoms with van der Waals surface area (Å²) in [4.78, 5) is 16.6. The Morgan fingerprint density at radius 2 is 2.10 bits per heavy atom. The Morgan fingerprint density at radius 3 is 2.75 bits per heavy atom. The monoisotopic (exact) mass is 315 g/mol. The first-order valence-electron chi connectivity index (χ1n) is 6.60. The van der Waals surface area contributed by atoms with Crippen molar-refractivity contribution >= 4 is 34.8 Å². The zero-order valence-corrected chi connectivity index (χ0v) is 13.2.